The fraction of sp³-hybridized carbons (Fsp3) is 0.750. The molecule has 0 radical (unpaired) electrons. The molecule has 9 heteroatoms. The van der Waals surface area contributed by atoms with Crippen molar-refractivity contribution in [2.24, 2.45) is 29.4 Å². The van der Waals surface area contributed by atoms with E-state index < -0.39 is 12.1 Å². The van der Waals surface area contributed by atoms with Crippen molar-refractivity contribution in [2.75, 3.05) is 33.4 Å². The highest BCUT2D eigenvalue weighted by atomic mass is 16.5. The number of hydrogen-bond donors (Lipinski definition) is 4. The fourth-order valence-corrected chi connectivity index (χ4v) is 4.10. The van der Waals surface area contributed by atoms with Crippen molar-refractivity contribution in [3.8, 4) is 5.88 Å². The number of pyridine rings is 1. The van der Waals surface area contributed by atoms with Crippen molar-refractivity contribution in [1.29, 1.82) is 0 Å². The highest BCUT2D eigenvalue weighted by molar-refractivity contribution is 5.96. The zero-order chi connectivity index (χ0) is 27.8. The molecule has 0 saturated heterocycles. The third-order valence-corrected chi connectivity index (χ3v) is 6.75. The first-order chi connectivity index (χ1) is 17.6. The minimum Gasteiger partial charge on any atom is -0.477 e. The molecule has 5 N–H and O–H groups in total. The molecule has 4 atom stereocenters. The second-order valence-electron chi connectivity index (χ2n) is 10.5. The summed E-state index contributed by atoms with van der Waals surface area (Å²) >= 11 is 0. The monoisotopic (exact) mass is 522 g/mol. The van der Waals surface area contributed by atoms with E-state index in [0.29, 0.717) is 57.0 Å². The van der Waals surface area contributed by atoms with Crippen LogP contribution >= 0.6 is 0 Å². The Morgan fingerprint density at radius 2 is 1.81 bits per heavy atom. The van der Waals surface area contributed by atoms with E-state index in [2.05, 4.69) is 36.4 Å². The highest BCUT2D eigenvalue weighted by Gasteiger charge is 2.29. The van der Waals surface area contributed by atoms with Crippen LogP contribution in [0.4, 0.5) is 0 Å². The molecule has 0 unspecified atom stereocenters. The molecule has 0 fully saturated rings. The summed E-state index contributed by atoms with van der Waals surface area (Å²) in [5.41, 5.74) is 6.79. The van der Waals surface area contributed by atoms with Crippen LogP contribution in [0.5, 0.6) is 5.88 Å². The third kappa shape index (κ3) is 12.2. The van der Waals surface area contributed by atoms with Gasteiger partial charge in [-0.2, -0.15) is 0 Å². The maximum atomic E-state index is 12.9. The summed E-state index contributed by atoms with van der Waals surface area (Å²) in [4.78, 5) is 29.8. The van der Waals surface area contributed by atoms with Crippen LogP contribution in [0.15, 0.2) is 18.3 Å². The number of hydrogen-bond acceptors (Lipinski definition) is 7. The standard InChI is InChI=1S/C28H50N4O5/c1-7-8-12-30-27(35)23(20(4)5)17-25(33)24(29)16-21(19(2)3)18-32-26(34)22-11-9-13-31-28(22)37-15-10-14-36-6/h9,11,13,19-21,23-25,33H,7-8,10,12,14-18,29H2,1-6H3,(H,30,35)(H,32,34)/t21-,23-,24+,25+/m1/s1. The molecule has 9 nitrogen and oxygen atoms in total. The maximum Gasteiger partial charge on any atom is 0.256 e. The number of carbonyl (C=O) groups excluding carboxylic acids is 2. The van der Waals surface area contributed by atoms with Gasteiger partial charge in [-0.15, -0.1) is 0 Å². The summed E-state index contributed by atoms with van der Waals surface area (Å²) in [6, 6.07) is 2.88. The number of aliphatic hydroxyl groups is 1. The Labute approximate surface area is 223 Å². The zero-order valence-electron chi connectivity index (χ0n) is 23.7. The van der Waals surface area contributed by atoms with Crippen LogP contribution in [0.3, 0.4) is 0 Å². The first-order valence-corrected chi connectivity index (χ1v) is 13.7. The second kappa shape index (κ2) is 18.1. The van der Waals surface area contributed by atoms with E-state index in [1.165, 1.54) is 0 Å². The normalized spacial score (nSPS) is 14.8. The van der Waals surface area contributed by atoms with Crippen LogP contribution in [0.1, 0.15) is 77.1 Å². The lowest BCUT2D eigenvalue weighted by Crippen LogP contribution is -2.44. The van der Waals surface area contributed by atoms with Gasteiger partial charge in [0.2, 0.25) is 11.8 Å². The average Bonchev–Trinajstić information content (AvgIpc) is 2.87. The predicted octanol–water partition coefficient (Wildman–Crippen LogP) is 3.16. The van der Waals surface area contributed by atoms with Crippen molar-refractivity contribution in [2.45, 2.75) is 78.9 Å². The van der Waals surface area contributed by atoms with Gasteiger partial charge in [-0.25, -0.2) is 4.98 Å². The van der Waals surface area contributed by atoms with E-state index >= 15 is 0 Å². The predicted molar refractivity (Wildman–Crippen MR) is 146 cm³/mol. The number of unbranched alkanes of at least 4 members (excludes halogenated alkanes) is 1. The topological polar surface area (TPSA) is 136 Å². The Morgan fingerprint density at radius 1 is 1.08 bits per heavy atom. The molecule has 1 aromatic heterocycles. The molecule has 212 valence electrons. The van der Waals surface area contributed by atoms with Gasteiger partial charge in [-0.3, -0.25) is 9.59 Å². The minimum atomic E-state index is -0.813. The van der Waals surface area contributed by atoms with Gasteiger partial charge in [0.15, 0.2) is 0 Å². The van der Waals surface area contributed by atoms with Crippen LogP contribution in [-0.2, 0) is 9.53 Å². The first kappa shape index (κ1) is 32.8. The molecule has 1 heterocycles. The van der Waals surface area contributed by atoms with E-state index in [4.69, 9.17) is 15.2 Å². The van der Waals surface area contributed by atoms with Gasteiger partial charge < -0.3 is 30.9 Å². The summed E-state index contributed by atoms with van der Waals surface area (Å²) in [6.07, 6.45) is 4.25. The van der Waals surface area contributed by atoms with E-state index in [9.17, 15) is 14.7 Å². The SMILES string of the molecule is CCCCNC(=O)[C@H](C[C@H](O)[C@@H](N)C[C@H](CNC(=O)c1cccnc1OCCCOC)C(C)C)C(C)C. The smallest absolute Gasteiger partial charge is 0.256 e. The number of aliphatic hydroxyl groups excluding tert-OH is 1. The number of rotatable bonds is 19. The molecule has 0 aliphatic carbocycles. The fourth-order valence-electron chi connectivity index (χ4n) is 4.10. The third-order valence-electron chi connectivity index (χ3n) is 6.75. The summed E-state index contributed by atoms with van der Waals surface area (Å²) in [5, 5.41) is 16.8. The maximum absolute atomic E-state index is 12.9. The quantitative estimate of drug-likeness (QED) is 0.205. The number of methoxy groups -OCH3 is 1. The molecule has 0 spiro atoms. The van der Waals surface area contributed by atoms with Gasteiger partial charge in [-0.05, 0) is 49.1 Å². The lowest BCUT2D eigenvalue weighted by atomic mass is 9.83. The molecule has 37 heavy (non-hydrogen) atoms. The van der Waals surface area contributed by atoms with Crippen LogP contribution in [-0.4, -0.2) is 67.5 Å². The lowest BCUT2D eigenvalue weighted by Gasteiger charge is -2.30. The van der Waals surface area contributed by atoms with Gasteiger partial charge in [0.25, 0.3) is 5.91 Å². The molecular weight excluding hydrogens is 472 g/mol. The Balaban J connectivity index is 2.71. The van der Waals surface area contributed by atoms with Crippen LogP contribution in [0.25, 0.3) is 0 Å². The molecule has 0 bridgehead atoms. The van der Waals surface area contributed by atoms with Crippen molar-refractivity contribution < 1.29 is 24.2 Å². The largest absolute Gasteiger partial charge is 0.477 e. The van der Waals surface area contributed by atoms with Crippen molar-refractivity contribution in [3.63, 3.8) is 0 Å². The molecule has 0 saturated carbocycles. The zero-order valence-corrected chi connectivity index (χ0v) is 23.7. The van der Waals surface area contributed by atoms with Gasteiger partial charge in [0.1, 0.15) is 5.56 Å². The molecule has 0 aromatic carbocycles. The summed E-state index contributed by atoms with van der Waals surface area (Å²) in [5.74, 6) is 0.0679. The van der Waals surface area contributed by atoms with Gasteiger partial charge in [0, 0.05) is 51.4 Å². The lowest BCUT2D eigenvalue weighted by molar-refractivity contribution is -0.127. The Morgan fingerprint density at radius 3 is 2.43 bits per heavy atom. The van der Waals surface area contributed by atoms with Crippen LogP contribution < -0.4 is 21.1 Å². The molecule has 2 amide bonds. The van der Waals surface area contributed by atoms with E-state index in [1.54, 1.807) is 25.4 Å². The Hall–Kier alpha value is -2.23. The molecule has 0 aliphatic rings. The second-order valence-corrected chi connectivity index (χ2v) is 10.5. The number of aromatic nitrogens is 1. The number of nitrogens with two attached hydrogens (primary N) is 1. The van der Waals surface area contributed by atoms with Crippen molar-refractivity contribution in [3.05, 3.63) is 23.9 Å². The van der Waals surface area contributed by atoms with E-state index in [1.807, 2.05) is 13.8 Å². The van der Waals surface area contributed by atoms with E-state index in [-0.39, 0.29) is 35.5 Å². The Bertz CT molecular complexity index is 790. The van der Waals surface area contributed by atoms with Gasteiger partial charge in [-0.1, -0.05) is 41.0 Å². The number of nitrogens with zero attached hydrogens (tertiary/aromatic N) is 1. The summed E-state index contributed by atoms with van der Waals surface area (Å²) in [6.45, 7) is 12.2. The molecule has 0 aliphatic heterocycles. The molecule has 1 aromatic rings. The number of ether oxygens (including phenoxy) is 2. The van der Waals surface area contributed by atoms with Gasteiger partial charge in [0.05, 0.1) is 12.7 Å². The van der Waals surface area contributed by atoms with Gasteiger partial charge >= 0.3 is 0 Å². The minimum absolute atomic E-state index is 0.0286. The van der Waals surface area contributed by atoms with Crippen molar-refractivity contribution >= 4 is 11.8 Å². The number of nitrogens with one attached hydrogen (secondary N) is 2. The number of amides is 2. The highest BCUT2D eigenvalue weighted by Crippen LogP contribution is 2.23. The van der Waals surface area contributed by atoms with Crippen molar-refractivity contribution in [1.82, 2.24) is 15.6 Å². The average molecular weight is 523 g/mol. The first-order valence-electron chi connectivity index (χ1n) is 13.7. The van der Waals surface area contributed by atoms with Crippen LogP contribution in [0.2, 0.25) is 0 Å². The summed E-state index contributed by atoms with van der Waals surface area (Å²) < 4.78 is 10.7. The van der Waals surface area contributed by atoms with E-state index in [0.717, 1.165) is 12.8 Å². The molecule has 1 rings (SSSR count). The number of carbonyl (C=O) groups is 2. The Kier molecular flexibility index (Phi) is 16.0. The van der Waals surface area contributed by atoms with Crippen LogP contribution in [0, 0.1) is 23.7 Å². The molecular formula is C28H50N4O5. The summed E-state index contributed by atoms with van der Waals surface area (Å²) in [7, 11) is 1.63.